The zero-order valence-corrected chi connectivity index (χ0v) is 13.3. The van der Waals surface area contributed by atoms with Crippen LogP contribution in [0.15, 0.2) is 18.5 Å². The summed E-state index contributed by atoms with van der Waals surface area (Å²) >= 11 is 0. The van der Waals surface area contributed by atoms with E-state index >= 15 is 0 Å². The molecule has 1 aliphatic rings. The van der Waals surface area contributed by atoms with Crippen LogP contribution in [0.3, 0.4) is 0 Å². The average molecular weight is 277 g/mol. The molecule has 1 saturated carbocycles. The van der Waals surface area contributed by atoms with E-state index in [4.69, 9.17) is 0 Å². The molecule has 0 unspecified atom stereocenters. The second kappa shape index (κ2) is 8.48. The predicted octanol–water partition coefficient (Wildman–Crippen LogP) is 3.25. The Morgan fingerprint density at radius 2 is 2.10 bits per heavy atom. The van der Waals surface area contributed by atoms with E-state index in [0.717, 1.165) is 25.7 Å². The molecule has 1 N–H and O–H groups in total. The first-order chi connectivity index (χ1) is 9.79. The van der Waals surface area contributed by atoms with Gasteiger partial charge in [0.05, 0.1) is 0 Å². The van der Waals surface area contributed by atoms with Gasteiger partial charge in [-0.2, -0.15) is 0 Å². The first-order valence-corrected chi connectivity index (χ1v) is 8.35. The first kappa shape index (κ1) is 15.6. The fourth-order valence-corrected chi connectivity index (χ4v) is 3.18. The minimum absolute atomic E-state index is 0.849. The van der Waals surface area contributed by atoms with Crippen LogP contribution in [0.4, 0.5) is 0 Å². The highest BCUT2D eigenvalue weighted by Gasteiger charge is 2.16. The highest BCUT2D eigenvalue weighted by molar-refractivity contribution is 5.09. The Bertz CT molecular complexity index is 366. The number of aryl methyl sites for hydroxylation is 1. The molecule has 0 radical (unpaired) electrons. The summed E-state index contributed by atoms with van der Waals surface area (Å²) in [6, 6.07) is 3.06. The maximum atomic E-state index is 3.56. The lowest BCUT2D eigenvalue weighted by atomic mass is 9.94. The van der Waals surface area contributed by atoms with Gasteiger partial charge in [-0.25, -0.2) is 0 Å². The number of nitrogens with zero attached hydrogens (tertiary/aromatic N) is 2. The van der Waals surface area contributed by atoms with Crippen molar-refractivity contribution in [3.63, 3.8) is 0 Å². The van der Waals surface area contributed by atoms with Gasteiger partial charge in [-0.3, -0.25) is 0 Å². The summed E-state index contributed by atoms with van der Waals surface area (Å²) in [5, 5.41) is 3.56. The minimum Gasteiger partial charge on any atom is -0.354 e. The molecule has 0 atom stereocenters. The van der Waals surface area contributed by atoms with Crippen molar-refractivity contribution in [1.29, 1.82) is 0 Å². The predicted molar refractivity (Wildman–Crippen MR) is 85.9 cm³/mol. The van der Waals surface area contributed by atoms with E-state index in [1.165, 1.54) is 50.6 Å². The molecule has 0 amide bonds. The van der Waals surface area contributed by atoms with E-state index in [9.17, 15) is 0 Å². The van der Waals surface area contributed by atoms with Gasteiger partial charge in [-0.15, -0.1) is 0 Å². The van der Waals surface area contributed by atoms with Crippen molar-refractivity contribution in [2.75, 3.05) is 20.1 Å². The standard InChI is InChI=1S/C17H31N3/c1-3-20-13-10-16(15-20)14-18-11-7-12-19(2)17-8-5-4-6-9-17/h10,13,15,17-18H,3-9,11-12,14H2,1-2H3. The Morgan fingerprint density at radius 1 is 1.30 bits per heavy atom. The van der Waals surface area contributed by atoms with Crippen LogP contribution in [0, 0.1) is 0 Å². The lowest BCUT2D eigenvalue weighted by molar-refractivity contribution is 0.189. The van der Waals surface area contributed by atoms with Crippen molar-refractivity contribution < 1.29 is 0 Å². The number of aromatic nitrogens is 1. The molecule has 1 fully saturated rings. The molecule has 1 aromatic heterocycles. The second-order valence-corrected chi connectivity index (χ2v) is 6.15. The van der Waals surface area contributed by atoms with Crippen LogP contribution in [0.2, 0.25) is 0 Å². The summed E-state index contributed by atoms with van der Waals surface area (Å²) < 4.78 is 2.23. The fourth-order valence-electron chi connectivity index (χ4n) is 3.18. The van der Waals surface area contributed by atoms with Crippen LogP contribution in [0.25, 0.3) is 0 Å². The number of nitrogens with one attached hydrogen (secondary N) is 1. The van der Waals surface area contributed by atoms with Crippen molar-refractivity contribution >= 4 is 0 Å². The van der Waals surface area contributed by atoms with E-state index in [2.05, 4.69) is 47.2 Å². The summed E-state index contributed by atoms with van der Waals surface area (Å²) in [7, 11) is 2.30. The van der Waals surface area contributed by atoms with E-state index in [0.29, 0.717) is 0 Å². The van der Waals surface area contributed by atoms with Crippen molar-refractivity contribution in [2.45, 2.75) is 64.6 Å². The third-order valence-electron chi connectivity index (χ3n) is 4.57. The van der Waals surface area contributed by atoms with Gasteiger partial charge in [0, 0.05) is 31.5 Å². The molecule has 3 nitrogen and oxygen atoms in total. The zero-order chi connectivity index (χ0) is 14.2. The van der Waals surface area contributed by atoms with Gasteiger partial charge in [0.25, 0.3) is 0 Å². The van der Waals surface area contributed by atoms with E-state index in [-0.39, 0.29) is 0 Å². The van der Waals surface area contributed by atoms with Gasteiger partial charge in [0.1, 0.15) is 0 Å². The molecule has 114 valence electrons. The lowest BCUT2D eigenvalue weighted by Gasteiger charge is -2.31. The van der Waals surface area contributed by atoms with E-state index in [1.807, 2.05) is 0 Å². The Balaban J connectivity index is 1.54. The first-order valence-electron chi connectivity index (χ1n) is 8.35. The van der Waals surface area contributed by atoms with Crippen LogP contribution in [0.5, 0.6) is 0 Å². The van der Waals surface area contributed by atoms with Crippen LogP contribution < -0.4 is 5.32 Å². The van der Waals surface area contributed by atoms with Crippen LogP contribution in [0.1, 0.15) is 51.0 Å². The molecule has 1 heterocycles. The Kier molecular flexibility index (Phi) is 6.61. The molecule has 1 aliphatic carbocycles. The van der Waals surface area contributed by atoms with Crippen molar-refractivity contribution in [3.05, 3.63) is 24.0 Å². The molecule has 0 aromatic carbocycles. The van der Waals surface area contributed by atoms with E-state index in [1.54, 1.807) is 0 Å². The van der Waals surface area contributed by atoms with Crippen molar-refractivity contribution in [3.8, 4) is 0 Å². The van der Waals surface area contributed by atoms with Gasteiger partial charge in [0.15, 0.2) is 0 Å². The molecule has 0 aliphatic heterocycles. The Morgan fingerprint density at radius 3 is 2.80 bits per heavy atom. The van der Waals surface area contributed by atoms with Gasteiger partial charge >= 0.3 is 0 Å². The summed E-state index contributed by atoms with van der Waals surface area (Å²) in [5.41, 5.74) is 1.40. The highest BCUT2D eigenvalue weighted by atomic mass is 15.1. The van der Waals surface area contributed by atoms with Crippen molar-refractivity contribution in [1.82, 2.24) is 14.8 Å². The van der Waals surface area contributed by atoms with Crippen LogP contribution in [-0.2, 0) is 13.1 Å². The lowest BCUT2D eigenvalue weighted by Crippen LogP contribution is -2.35. The third kappa shape index (κ3) is 4.95. The van der Waals surface area contributed by atoms with Crippen LogP contribution >= 0.6 is 0 Å². The quantitative estimate of drug-likeness (QED) is 0.736. The van der Waals surface area contributed by atoms with Crippen molar-refractivity contribution in [2.24, 2.45) is 0 Å². The molecule has 20 heavy (non-hydrogen) atoms. The normalized spacial score (nSPS) is 16.9. The Labute approximate surface area is 124 Å². The maximum absolute atomic E-state index is 3.56. The maximum Gasteiger partial charge on any atom is 0.0220 e. The molecule has 2 rings (SSSR count). The van der Waals surface area contributed by atoms with Gasteiger partial charge in [-0.05, 0) is 58.0 Å². The van der Waals surface area contributed by atoms with Gasteiger partial charge in [-0.1, -0.05) is 19.3 Å². The molecule has 0 spiro atoms. The topological polar surface area (TPSA) is 20.2 Å². The second-order valence-electron chi connectivity index (χ2n) is 6.15. The summed E-state index contributed by atoms with van der Waals surface area (Å²) in [6.45, 7) is 6.59. The number of rotatable bonds is 8. The molecule has 1 aromatic rings. The monoisotopic (exact) mass is 277 g/mol. The third-order valence-corrected chi connectivity index (χ3v) is 4.57. The average Bonchev–Trinajstić information content (AvgIpc) is 2.95. The Hall–Kier alpha value is -0.800. The smallest absolute Gasteiger partial charge is 0.0220 e. The zero-order valence-electron chi connectivity index (χ0n) is 13.3. The number of hydrogen-bond donors (Lipinski definition) is 1. The fraction of sp³-hybridized carbons (Fsp3) is 0.765. The largest absolute Gasteiger partial charge is 0.354 e. The summed E-state index contributed by atoms with van der Waals surface area (Å²) in [6.07, 6.45) is 12.8. The van der Waals surface area contributed by atoms with E-state index < -0.39 is 0 Å². The SMILES string of the molecule is CCn1ccc(CNCCCN(C)C2CCCCC2)c1. The highest BCUT2D eigenvalue weighted by Crippen LogP contribution is 2.21. The number of hydrogen-bond acceptors (Lipinski definition) is 2. The molecular weight excluding hydrogens is 246 g/mol. The van der Waals surface area contributed by atoms with Crippen LogP contribution in [-0.4, -0.2) is 35.6 Å². The van der Waals surface area contributed by atoms with Gasteiger partial charge in [0.2, 0.25) is 0 Å². The summed E-state index contributed by atoms with van der Waals surface area (Å²) in [4.78, 5) is 2.58. The molecule has 0 bridgehead atoms. The molecular formula is C17H31N3. The molecule has 0 saturated heterocycles. The molecule has 3 heteroatoms. The summed E-state index contributed by atoms with van der Waals surface area (Å²) in [5.74, 6) is 0. The van der Waals surface area contributed by atoms with Gasteiger partial charge < -0.3 is 14.8 Å². The minimum atomic E-state index is 0.849.